The molecule has 8 nitrogen and oxygen atoms in total. The summed E-state index contributed by atoms with van der Waals surface area (Å²) in [4.78, 5) is 15.3. The molecule has 0 unspecified atom stereocenters. The zero-order valence-electron chi connectivity index (χ0n) is 19.1. The number of hydrogen-bond donors (Lipinski definition) is 1. The van der Waals surface area contributed by atoms with Crippen molar-refractivity contribution in [1.29, 1.82) is 0 Å². The molecule has 2 aliphatic heterocycles. The third-order valence-electron chi connectivity index (χ3n) is 5.96. The first-order chi connectivity index (χ1) is 15.8. The van der Waals surface area contributed by atoms with Crippen LogP contribution in [0.1, 0.15) is 30.9 Å². The number of rotatable bonds is 8. The number of anilines is 1. The predicted molar refractivity (Wildman–Crippen MR) is 127 cm³/mol. The van der Waals surface area contributed by atoms with E-state index in [-0.39, 0.29) is 5.91 Å². The summed E-state index contributed by atoms with van der Waals surface area (Å²) < 4.78 is 37.3. The zero-order chi connectivity index (χ0) is 23.4. The summed E-state index contributed by atoms with van der Waals surface area (Å²) in [6.45, 7) is 5.98. The van der Waals surface area contributed by atoms with Crippen molar-refractivity contribution in [3.63, 3.8) is 0 Å². The van der Waals surface area contributed by atoms with Crippen molar-refractivity contribution in [3.8, 4) is 11.5 Å². The normalized spacial score (nSPS) is 16.9. The molecule has 1 N–H and O–H groups in total. The van der Waals surface area contributed by atoms with Crippen molar-refractivity contribution >= 4 is 21.6 Å². The van der Waals surface area contributed by atoms with Crippen molar-refractivity contribution < 1.29 is 22.7 Å². The molecule has 1 amide bonds. The van der Waals surface area contributed by atoms with E-state index in [1.165, 1.54) is 18.4 Å². The molecule has 33 heavy (non-hydrogen) atoms. The Kier molecular flexibility index (Phi) is 7.09. The average Bonchev–Trinajstić information content (AvgIpc) is 3.30. The first kappa shape index (κ1) is 23.4. The lowest BCUT2D eigenvalue weighted by molar-refractivity contribution is -0.122. The van der Waals surface area contributed by atoms with E-state index in [1.807, 2.05) is 12.1 Å². The van der Waals surface area contributed by atoms with Crippen LogP contribution in [-0.2, 0) is 27.9 Å². The number of nitrogens with one attached hydrogen (secondary N) is 1. The number of amides is 1. The second-order valence-corrected chi connectivity index (χ2v) is 10.4. The van der Waals surface area contributed by atoms with E-state index < -0.39 is 16.1 Å². The number of carbonyl (C=O) groups excluding carboxylic acids is 1. The fourth-order valence-corrected chi connectivity index (χ4v) is 5.44. The van der Waals surface area contributed by atoms with E-state index in [0.717, 1.165) is 35.8 Å². The molecule has 0 aliphatic carbocycles. The van der Waals surface area contributed by atoms with Crippen LogP contribution < -0.4 is 19.1 Å². The van der Waals surface area contributed by atoms with Gasteiger partial charge in [0.1, 0.15) is 19.3 Å². The summed E-state index contributed by atoms with van der Waals surface area (Å²) in [7, 11) is -3.72. The Balaban J connectivity index is 1.40. The minimum atomic E-state index is -3.72. The Labute approximate surface area is 195 Å². The van der Waals surface area contributed by atoms with Crippen molar-refractivity contribution in [2.24, 2.45) is 0 Å². The number of fused-ring (bicyclic) bond motifs is 1. The highest BCUT2D eigenvalue weighted by Gasteiger charge is 2.30. The molecular weight excluding hydrogens is 442 g/mol. The van der Waals surface area contributed by atoms with E-state index in [2.05, 4.69) is 22.3 Å². The van der Waals surface area contributed by atoms with E-state index in [1.54, 1.807) is 25.1 Å². The van der Waals surface area contributed by atoms with Gasteiger partial charge in [0.2, 0.25) is 15.9 Å². The molecule has 9 heteroatoms. The van der Waals surface area contributed by atoms with Crippen LogP contribution in [0.3, 0.4) is 0 Å². The topological polar surface area (TPSA) is 88.2 Å². The highest BCUT2D eigenvalue weighted by atomic mass is 32.2. The van der Waals surface area contributed by atoms with Crippen LogP contribution >= 0.6 is 0 Å². The molecule has 0 radical (unpaired) electrons. The maximum atomic E-state index is 12.9. The lowest BCUT2D eigenvalue weighted by Crippen LogP contribution is -2.47. The van der Waals surface area contributed by atoms with Crippen LogP contribution in [-0.4, -0.2) is 57.8 Å². The summed E-state index contributed by atoms with van der Waals surface area (Å²) in [5.74, 6) is 0.647. The number of hydrogen-bond acceptors (Lipinski definition) is 6. The summed E-state index contributed by atoms with van der Waals surface area (Å²) >= 11 is 0. The molecule has 2 aromatic rings. The fourth-order valence-electron chi connectivity index (χ4n) is 4.28. The second-order valence-electron chi connectivity index (χ2n) is 8.58. The van der Waals surface area contributed by atoms with Crippen LogP contribution in [0.25, 0.3) is 0 Å². The highest BCUT2D eigenvalue weighted by Crippen LogP contribution is 2.35. The van der Waals surface area contributed by atoms with E-state index in [9.17, 15) is 13.2 Å². The first-order valence-corrected chi connectivity index (χ1v) is 13.1. The third kappa shape index (κ3) is 5.78. The molecule has 0 spiro atoms. The summed E-state index contributed by atoms with van der Waals surface area (Å²) in [5, 5.41) is 2.86. The molecule has 178 valence electrons. The number of sulfonamides is 1. The first-order valence-electron chi connectivity index (χ1n) is 11.3. The van der Waals surface area contributed by atoms with Crippen LogP contribution in [0, 0.1) is 0 Å². The zero-order valence-corrected chi connectivity index (χ0v) is 19.9. The Hall–Kier alpha value is -2.78. The lowest BCUT2D eigenvalue weighted by atomic mass is 10.1. The van der Waals surface area contributed by atoms with Gasteiger partial charge in [-0.05, 0) is 56.1 Å². The number of nitrogens with zero attached hydrogens (tertiary/aromatic N) is 2. The van der Waals surface area contributed by atoms with Crippen LogP contribution in [0.5, 0.6) is 11.5 Å². The monoisotopic (exact) mass is 473 g/mol. The molecule has 1 fully saturated rings. The fraction of sp³-hybridized carbons (Fsp3) is 0.458. The van der Waals surface area contributed by atoms with E-state index in [0.29, 0.717) is 36.9 Å². The minimum absolute atomic E-state index is 0.325. The Morgan fingerprint density at radius 1 is 1.03 bits per heavy atom. The van der Waals surface area contributed by atoms with Gasteiger partial charge >= 0.3 is 0 Å². The molecular formula is C24H31N3O5S. The number of ether oxygens (including phenoxy) is 2. The van der Waals surface area contributed by atoms with Crippen molar-refractivity contribution in [1.82, 2.24) is 10.2 Å². The standard InChI is InChI=1S/C24H31N3O5S/c1-18(27(33(2,29)30)21-9-10-22-23(15-21)32-14-13-31-22)24(28)25-16-19-5-7-20(8-6-19)17-26-11-3-4-12-26/h5-10,15,18H,3-4,11-14,16-17H2,1-2H3,(H,25,28)/t18-/m1/s1. The molecule has 0 saturated carbocycles. The molecule has 1 atom stereocenters. The van der Waals surface area contributed by atoms with Crippen molar-refractivity contribution in [3.05, 3.63) is 53.6 Å². The predicted octanol–water partition coefficient (Wildman–Crippen LogP) is 2.52. The van der Waals surface area contributed by atoms with Gasteiger partial charge in [-0.2, -0.15) is 0 Å². The SMILES string of the molecule is C[C@H](C(=O)NCc1ccc(CN2CCCC2)cc1)N(c1ccc2c(c1)OCCO2)S(C)(=O)=O. The van der Waals surface area contributed by atoms with Crippen LogP contribution in [0.2, 0.25) is 0 Å². The second kappa shape index (κ2) is 10.0. The van der Waals surface area contributed by atoms with Gasteiger partial charge in [-0.15, -0.1) is 0 Å². The molecule has 4 rings (SSSR count). The quantitative estimate of drug-likeness (QED) is 0.634. The Morgan fingerprint density at radius 2 is 1.67 bits per heavy atom. The lowest BCUT2D eigenvalue weighted by Gasteiger charge is -2.29. The molecule has 0 bridgehead atoms. The van der Waals surface area contributed by atoms with E-state index in [4.69, 9.17) is 9.47 Å². The van der Waals surface area contributed by atoms with Gasteiger partial charge < -0.3 is 14.8 Å². The highest BCUT2D eigenvalue weighted by molar-refractivity contribution is 7.92. The van der Waals surface area contributed by atoms with Gasteiger partial charge in [0.05, 0.1) is 11.9 Å². The maximum absolute atomic E-state index is 12.9. The van der Waals surface area contributed by atoms with Gasteiger partial charge in [-0.1, -0.05) is 24.3 Å². The summed E-state index contributed by atoms with van der Waals surface area (Å²) in [5.41, 5.74) is 2.57. The maximum Gasteiger partial charge on any atom is 0.243 e. The molecule has 2 aromatic carbocycles. The van der Waals surface area contributed by atoms with Crippen molar-refractivity contribution in [2.75, 3.05) is 36.9 Å². The third-order valence-corrected chi connectivity index (χ3v) is 7.20. The van der Waals surface area contributed by atoms with Gasteiger partial charge in [0.25, 0.3) is 0 Å². The Morgan fingerprint density at radius 3 is 2.33 bits per heavy atom. The van der Waals surface area contributed by atoms with Crippen LogP contribution in [0.15, 0.2) is 42.5 Å². The van der Waals surface area contributed by atoms with Gasteiger partial charge in [0.15, 0.2) is 11.5 Å². The molecule has 2 aliphatic rings. The number of carbonyl (C=O) groups is 1. The molecule has 1 saturated heterocycles. The Bertz CT molecular complexity index is 1080. The smallest absolute Gasteiger partial charge is 0.243 e. The average molecular weight is 474 g/mol. The molecule has 0 aromatic heterocycles. The largest absolute Gasteiger partial charge is 0.486 e. The van der Waals surface area contributed by atoms with E-state index >= 15 is 0 Å². The van der Waals surface area contributed by atoms with Gasteiger partial charge in [-0.3, -0.25) is 14.0 Å². The van der Waals surface area contributed by atoms with Gasteiger partial charge in [0, 0.05) is 19.2 Å². The molecule has 2 heterocycles. The van der Waals surface area contributed by atoms with Gasteiger partial charge in [-0.25, -0.2) is 8.42 Å². The number of likely N-dealkylation sites (tertiary alicyclic amines) is 1. The summed E-state index contributed by atoms with van der Waals surface area (Å²) in [6, 6.07) is 12.1. The summed E-state index contributed by atoms with van der Waals surface area (Å²) in [6.07, 6.45) is 3.62. The van der Waals surface area contributed by atoms with Crippen molar-refractivity contribution in [2.45, 2.75) is 38.9 Å². The minimum Gasteiger partial charge on any atom is -0.486 e. The van der Waals surface area contributed by atoms with Crippen LogP contribution in [0.4, 0.5) is 5.69 Å². The number of benzene rings is 2.